The van der Waals surface area contributed by atoms with Crippen LogP contribution in [0.5, 0.6) is 5.75 Å². The van der Waals surface area contributed by atoms with E-state index in [1.165, 1.54) is 4.31 Å². The van der Waals surface area contributed by atoms with Crippen molar-refractivity contribution in [1.29, 1.82) is 0 Å². The molecule has 2 amide bonds. The highest BCUT2D eigenvalue weighted by Crippen LogP contribution is 2.25. The highest BCUT2D eigenvalue weighted by atomic mass is 32.2. The zero-order valence-corrected chi connectivity index (χ0v) is 19.3. The Labute approximate surface area is 189 Å². The fraction of sp³-hybridized carbons (Fsp3) is 0.391. The SMILES string of the molecule is CCOc1ccccc1C(=O)N[C@@H](C(=O)Nc1ccc(N2CCCS2(=O)=O)cc1)C(C)C. The van der Waals surface area contributed by atoms with Gasteiger partial charge in [-0.05, 0) is 55.7 Å². The van der Waals surface area contributed by atoms with E-state index in [4.69, 9.17) is 4.74 Å². The maximum absolute atomic E-state index is 12.9. The molecule has 0 aromatic heterocycles. The Morgan fingerprint density at radius 2 is 1.78 bits per heavy atom. The van der Waals surface area contributed by atoms with E-state index in [2.05, 4.69) is 10.6 Å². The van der Waals surface area contributed by atoms with Crippen LogP contribution < -0.4 is 19.7 Å². The summed E-state index contributed by atoms with van der Waals surface area (Å²) in [5.74, 6) is -0.301. The van der Waals surface area contributed by atoms with Crippen molar-refractivity contribution in [2.45, 2.75) is 33.2 Å². The number of amides is 2. The van der Waals surface area contributed by atoms with Crippen molar-refractivity contribution in [3.05, 3.63) is 54.1 Å². The summed E-state index contributed by atoms with van der Waals surface area (Å²) in [5.41, 5.74) is 1.45. The number of anilines is 2. The second kappa shape index (κ2) is 10.0. The molecule has 2 N–H and O–H groups in total. The molecule has 172 valence electrons. The van der Waals surface area contributed by atoms with E-state index in [0.717, 1.165) is 0 Å². The van der Waals surface area contributed by atoms with E-state index in [1.807, 2.05) is 20.8 Å². The van der Waals surface area contributed by atoms with Gasteiger partial charge in [-0.3, -0.25) is 13.9 Å². The first-order chi connectivity index (χ1) is 15.2. The van der Waals surface area contributed by atoms with Crippen LogP contribution in [0.15, 0.2) is 48.5 Å². The Balaban J connectivity index is 1.70. The highest BCUT2D eigenvalue weighted by molar-refractivity contribution is 7.93. The second-order valence-electron chi connectivity index (χ2n) is 7.90. The highest BCUT2D eigenvalue weighted by Gasteiger charge is 2.29. The van der Waals surface area contributed by atoms with Crippen LogP contribution >= 0.6 is 0 Å². The fourth-order valence-corrected chi connectivity index (χ4v) is 5.11. The average molecular weight is 460 g/mol. The van der Waals surface area contributed by atoms with Crippen LogP contribution in [0.1, 0.15) is 37.6 Å². The Kier molecular flexibility index (Phi) is 7.40. The molecular formula is C23H29N3O5S. The third kappa shape index (κ3) is 5.40. The fourth-order valence-electron chi connectivity index (χ4n) is 3.55. The van der Waals surface area contributed by atoms with Gasteiger partial charge in [-0.2, -0.15) is 0 Å². The molecule has 2 aromatic rings. The molecule has 2 aromatic carbocycles. The predicted molar refractivity (Wildman–Crippen MR) is 125 cm³/mol. The Morgan fingerprint density at radius 1 is 1.09 bits per heavy atom. The van der Waals surface area contributed by atoms with Gasteiger partial charge in [-0.1, -0.05) is 26.0 Å². The molecule has 1 aliphatic heterocycles. The summed E-state index contributed by atoms with van der Waals surface area (Å²) in [4.78, 5) is 25.7. The summed E-state index contributed by atoms with van der Waals surface area (Å²) >= 11 is 0. The van der Waals surface area contributed by atoms with Gasteiger partial charge < -0.3 is 15.4 Å². The van der Waals surface area contributed by atoms with Crippen molar-refractivity contribution in [2.75, 3.05) is 28.5 Å². The molecule has 3 rings (SSSR count). The standard InChI is InChI=1S/C23H29N3O5S/c1-4-31-20-9-6-5-8-19(20)22(27)25-21(16(2)3)23(28)24-17-10-12-18(13-11-17)26-14-7-15-32(26,29)30/h5-6,8-13,16,21H,4,7,14-15H2,1-3H3,(H,24,28)(H,25,27)/t21-/m1/s1. The van der Waals surface area contributed by atoms with Crippen molar-refractivity contribution >= 4 is 33.2 Å². The first-order valence-electron chi connectivity index (χ1n) is 10.7. The first kappa shape index (κ1) is 23.6. The minimum Gasteiger partial charge on any atom is -0.493 e. The molecule has 1 saturated heterocycles. The van der Waals surface area contributed by atoms with Gasteiger partial charge in [0.25, 0.3) is 5.91 Å². The summed E-state index contributed by atoms with van der Waals surface area (Å²) < 4.78 is 31.1. The summed E-state index contributed by atoms with van der Waals surface area (Å²) in [6.45, 7) is 6.41. The number of para-hydroxylation sites is 1. The molecule has 0 radical (unpaired) electrons. The molecular weight excluding hydrogens is 430 g/mol. The molecule has 0 unspecified atom stereocenters. The molecule has 1 atom stereocenters. The third-order valence-electron chi connectivity index (χ3n) is 5.19. The zero-order chi connectivity index (χ0) is 23.3. The lowest BCUT2D eigenvalue weighted by Crippen LogP contribution is -2.47. The molecule has 1 fully saturated rings. The number of sulfonamides is 1. The van der Waals surface area contributed by atoms with Crippen LogP contribution in [0.25, 0.3) is 0 Å². The summed E-state index contributed by atoms with van der Waals surface area (Å²) in [7, 11) is -3.26. The molecule has 0 bridgehead atoms. The molecule has 0 spiro atoms. The van der Waals surface area contributed by atoms with Crippen LogP contribution in [-0.2, 0) is 14.8 Å². The van der Waals surface area contributed by atoms with Gasteiger partial charge in [-0.15, -0.1) is 0 Å². The molecule has 8 nitrogen and oxygen atoms in total. The lowest BCUT2D eigenvalue weighted by molar-refractivity contribution is -0.118. The number of nitrogens with zero attached hydrogens (tertiary/aromatic N) is 1. The average Bonchev–Trinajstić information content (AvgIpc) is 3.11. The van der Waals surface area contributed by atoms with E-state index >= 15 is 0 Å². The summed E-state index contributed by atoms with van der Waals surface area (Å²) in [5, 5.41) is 5.61. The van der Waals surface area contributed by atoms with Gasteiger partial charge >= 0.3 is 0 Å². The maximum atomic E-state index is 12.9. The Bertz CT molecular complexity index is 1070. The topological polar surface area (TPSA) is 105 Å². The van der Waals surface area contributed by atoms with Crippen molar-refractivity contribution < 1.29 is 22.7 Å². The predicted octanol–water partition coefficient (Wildman–Crippen LogP) is 3.02. The van der Waals surface area contributed by atoms with Gasteiger partial charge in [-0.25, -0.2) is 8.42 Å². The van der Waals surface area contributed by atoms with Crippen molar-refractivity contribution in [1.82, 2.24) is 5.32 Å². The number of rotatable bonds is 8. The number of ether oxygens (including phenoxy) is 1. The molecule has 0 aliphatic carbocycles. The number of carbonyl (C=O) groups is 2. The minimum atomic E-state index is -3.26. The van der Waals surface area contributed by atoms with E-state index in [0.29, 0.717) is 42.3 Å². The van der Waals surface area contributed by atoms with Gasteiger partial charge in [0.1, 0.15) is 11.8 Å². The molecule has 1 aliphatic rings. The number of benzene rings is 2. The van der Waals surface area contributed by atoms with Gasteiger partial charge in [0.15, 0.2) is 0 Å². The van der Waals surface area contributed by atoms with Crippen molar-refractivity contribution in [3.8, 4) is 5.75 Å². The molecule has 0 saturated carbocycles. The Morgan fingerprint density at radius 3 is 2.38 bits per heavy atom. The van der Waals surface area contributed by atoms with E-state index in [1.54, 1.807) is 48.5 Å². The number of hydrogen-bond donors (Lipinski definition) is 2. The molecule has 1 heterocycles. The summed E-state index contributed by atoms with van der Waals surface area (Å²) in [6.07, 6.45) is 0.600. The van der Waals surface area contributed by atoms with Crippen molar-refractivity contribution in [2.24, 2.45) is 5.92 Å². The van der Waals surface area contributed by atoms with Crippen LogP contribution in [0.3, 0.4) is 0 Å². The van der Waals surface area contributed by atoms with Gasteiger partial charge in [0.05, 0.1) is 23.6 Å². The van der Waals surface area contributed by atoms with Crippen LogP contribution in [-0.4, -0.2) is 45.2 Å². The zero-order valence-electron chi connectivity index (χ0n) is 18.5. The maximum Gasteiger partial charge on any atom is 0.255 e. The van der Waals surface area contributed by atoms with Gasteiger partial charge in [0.2, 0.25) is 15.9 Å². The van der Waals surface area contributed by atoms with Crippen LogP contribution in [0, 0.1) is 5.92 Å². The van der Waals surface area contributed by atoms with Crippen molar-refractivity contribution in [3.63, 3.8) is 0 Å². The van der Waals surface area contributed by atoms with Crippen LogP contribution in [0.2, 0.25) is 0 Å². The monoisotopic (exact) mass is 459 g/mol. The van der Waals surface area contributed by atoms with E-state index in [9.17, 15) is 18.0 Å². The Hall–Kier alpha value is -3.07. The summed E-state index contributed by atoms with van der Waals surface area (Å²) in [6, 6.07) is 12.8. The van der Waals surface area contributed by atoms with Gasteiger partial charge in [0, 0.05) is 12.2 Å². The normalized spacial score (nSPS) is 15.9. The smallest absolute Gasteiger partial charge is 0.255 e. The largest absolute Gasteiger partial charge is 0.493 e. The first-order valence-corrected chi connectivity index (χ1v) is 12.3. The number of hydrogen-bond acceptors (Lipinski definition) is 5. The lowest BCUT2D eigenvalue weighted by Gasteiger charge is -2.23. The number of carbonyl (C=O) groups excluding carboxylic acids is 2. The molecule has 32 heavy (non-hydrogen) atoms. The third-order valence-corrected chi connectivity index (χ3v) is 7.06. The number of nitrogens with one attached hydrogen (secondary N) is 2. The van der Waals surface area contributed by atoms with Crippen LogP contribution in [0.4, 0.5) is 11.4 Å². The van der Waals surface area contributed by atoms with E-state index in [-0.39, 0.29) is 17.6 Å². The minimum absolute atomic E-state index is 0.147. The second-order valence-corrected chi connectivity index (χ2v) is 9.91. The quantitative estimate of drug-likeness (QED) is 0.631. The molecule has 9 heteroatoms. The lowest BCUT2D eigenvalue weighted by atomic mass is 10.0. The van der Waals surface area contributed by atoms with E-state index < -0.39 is 22.0 Å².